The molecule has 1 saturated heterocycles. The van der Waals surface area contributed by atoms with E-state index >= 15 is 0 Å². The molecule has 2 fully saturated rings. The van der Waals surface area contributed by atoms with Crippen LogP contribution in [-0.2, 0) is 4.79 Å². The van der Waals surface area contributed by atoms with Gasteiger partial charge >= 0.3 is 6.18 Å². The Kier molecular flexibility index (Phi) is 5.72. The lowest BCUT2D eigenvalue weighted by Crippen LogP contribution is -2.47. The van der Waals surface area contributed by atoms with E-state index in [2.05, 4.69) is 10.6 Å². The van der Waals surface area contributed by atoms with Gasteiger partial charge in [0.1, 0.15) is 0 Å². The molecule has 0 aromatic carbocycles. The number of carbonyl (C=O) groups is 1. The van der Waals surface area contributed by atoms with Crippen LogP contribution in [0.15, 0.2) is 0 Å². The second-order valence-electron chi connectivity index (χ2n) is 6.05. The van der Waals surface area contributed by atoms with E-state index in [1.807, 2.05) is 6.92 Å². The molecule has 0 radical (unpaired) electrons. The van der Waals surface area contributed by atoms with Crippen LogP contribution < -0.4 is 10.6 Å². The van der Waals surface area contributed by atoms with E-state index in [9.17, 15) is 18.0 Å². The Morgan fingerprint density at radius 3 is 2.30 bits per heavy atom. The standard InChI is InChI=1S/C13H21F3N2O.ClH/c1-12(6-7-17-8-12)11(19)18-10-4-2-9(3-5-10)13(14,15)16;/h9-10,17H,2-8H2,1H3,(H,18,19);1H. The number of nitrogens with one attached hydrogen (secondary N) is 2. The minimum Gasteiger partial charge on any atom is -0.353 e. The lowest BCUT2D eigenvalue weighted by molar-refractivity contribution is -0.182. The first-order valence-electron chi connectivity index (χ1n) is 6.90. The highest BCUT2D eigenvalue weighted by Crippen LogP contribution is 2.37. The Labute approximate surface area is 123 Å². The maximum atomic E-state index is 12.5. The maximum Gasteiger partial charge on any atom is 0.391 e. The minimum atomic E-state index is -4.09. The third-order valence-electron chi connectivity index (χ3n) is 4.44. The molecule has 1 amide bonds. The van der Waals surface area contributed by atoms with Crippen molar-refractivity contribution in [3.63, 3.8) is 0 Å². The molecule has 1 unspecified atom stereocenters. The van der Waals surface area contributed by atoms with Gasteiger partial charge in [0.2, 0.25) is 5.91 Å². The lowest BCUT2D eigenvalue weighted by atomic mass is 9.84. The summed E-state index contributed by atoms with van der Waals surface area (Å²) in [5.74, 6) is -1.21. The van der Waals surface area contributed by atoms with Crippen LogP contribution in [-0.4, -0.2) is 31.2 Å². The Bertz CT molecular complexity index is 335. The SMILES string of the molecule is CC1(C(=O)NC2CCC(C(F)(F)F)CC2)CCNC1.Cl. The fourth-order valence-electron chi connectivity index (χ4n) is 2.94. The topological polar surface area (TPSA) is 41.1 Å². The molecule has 0 aromatic rings. The Hall–Kier alpha value is -0.490. The van der Waals surface area contributed by atoms with Gasteiger partial charge in [-0.25, -0.2) is 0 Å². The largest absolute Gasteiger partial charge is 0.391 e. The zero-order chi connectivity index (χ0) is 14.1. The van der Waals surface area contributed by atoms with Gasteiger partial charge in [0, 0.05) is 12.6 Å². The van der Waals surface area contributed by atoms with Crippen LogP contribution in [0.1, 0.15) is 39.0 Å². The van der Waals surface area contributed by atoms with E-state index in [1.54, 1.807) is 0 Å². The fraction of sp³-hybridized carbons (Fsp3) is 0.923. The molecule has 118 valence electrons. The van der Waals surface area contributed by atoms with Gasteiger partial charge in [-0.2, -0.15) is 13.2 Å². The van der Waals surface area contributed by atoms with Crippen molar-refractivity contribution in [3.8, 4) is 0 Å². The van der Waals surface area contributed by atoms with Gasteiger partial charge < -0.3 is 10.6 Å². The van der Waals surface area contributed by atoms with E-state index in [1.165, 1.54) is 0 Å². The summed E-state index contributed by atoms with van der Waals surface area (Å²) in [6.07, 6.45) is -2.18. The summed E-state index contributed by atoms with van der Waals surface area (Å²) in [4.78, 5) is 12.1. The summed E-state index contributed by atoms with van der Waals surface area (Å²) >= 11 is 0. The first-order chi connectivity index (χ1) is 8.81. The highest BCUT2D eigenvalue weighted by Gasteiger charge is 2.42. The van der Waals surface area contributed by atoms with Crippen molar-refractivity contribution in [1.82, 2.24) is 10.6 Å². The molecule has 1 aliphatic heterocycles. The van der Waals surface area contributed by atoms with Gasteiger partial charge in [-0.15, -0.1) is 12.4 Å². The molecular formula is C13H22ClF3N2O. The van der Waals surface area contributed by atoms with Crippen molar-refractivity contribution in [1.29, 1.82) is 0 Å². The average Bonchev–Trinajstić information content (AvgIpc) is 2.77. The molecule has 7 heteroatoms. The first-order valence-corrected chi connectivity index (χ1v) is 6.90. The van der Waals surface area contributed by atoms with Crippen molar-refractivity contribution >= 4 is 18.3 Å². The lowest BCUT2D eigenvalue weighted by Gasteiger charge is -2.32. The number of amides is 1. The normalized spacial score (nSPS) is 34.4. The molecule has 0 aromatic heterocycles. The van der Waals surface area contributed by atoms with Crippen molar-refractivity contribution in [2.24, 2.45) is 11.3 Å². The summed E-state index contributed by atoms with van der Waals surface area (Å²) in [6, 6.07) is -0.0940. The predicted molar refractivity (Wildman–Crippen MR) is 72.8 cm³/mol. The Balaban J connectivity index is 0.00000200. The molecule has 3 nitrogen and oxygen atoms in total. The summed E-state index contributed by atoms with van der Waals surface area (Å²) < 4.78 is 37.6. The fourth-order valence-corrected chi connectivity index (χ4v) is 2.94. The number of hydrogen-bond acceptors (Lipinski definition) is 2. The van der Waals surface area contributed by atoms with Crippen LogP contribution in [0.3, 0.4) is 0 Å². The molecule has 2 N–H and O–H groups in total. The summed E-state index contributed by atoms with van der Waals surface area (Å²) in [6.45, 7) is 3.38. The quantitative estimate of drug-likeness (QED) is 0.822. The van der Waals surface area contributed by atoms with E-state index in [0.717, 1.165) is 13.0 Å². The highest BCUT2D eigenvalue weighted by molar-refractivity contribution is 5.85. The molecule has 1 aliphatic carbocycles. The summed E-state index contributed by atoms with van der Waals surface area (Å²) in [7, 11) is 0. The van der Waals surface area contributed by atoms with Crippen molar-refractivity contribution in [3.05, 3.63) is 0 Å². The van der Waals surface area contributed by atoms with E-state index in [0.29, 0.717) is 19.4 Å². The molecule has 1 saturated carbocycles. The van der Waals surface area contributed by atoms with Crippen LogP contribution in [0.4, 0.5) is 13.2 Å². The van der Waals surface area contributed by atoms with Gasteiger partial charge in [-0.05, 0) is 45.6 Å². The Morgan fingerprint density at radius 1 is 1.25 bits per heavy atom. The average molecular weight is 315 g/mol. The molecule has 2 aliphatic rings. The van der Waals surface area contributed by atoms with Crippen LogP contribution in [0.25, 0.3) is 0 Å². The van der Waals surface area contributed by atoms with Gasteiger partial charge in [0.05, 0.1) is 11.3 Å². The molecular weight excluding hydrogens is 293 g/mol. The van der Waals surface area contributed by atoms with Gasteiger partial charge in [-0.3, -0.25) is 4.79 Å². The number of hydrogen-bond donors (Lipinski definition) is 2. The molecule has 0 bridgehead atoms. The third-order valence-corrected chi connectivity index (χ3v) is 4.44. The van der Waals surface area contributed by atoms with Crippen LogP contribution in [0.5, 0.6) is 0 Å². The first kappa shape index (κ1) is 17.6. The molecule has 0 spiro atoms. The number of carbonyl (C=O) groups excluding carboxylic acids is 1. The van der Waals surface area contributed by atoms with Crippen LogP contribution >= 0.6 is 12.4 Å². The smallest absolute Gasteiger partial charge is 0.353 e. The van der Waals surface area contributed by atoms with Gasteiger partial charge in [-0.1, -0.05) is 0 Å². The van der Waals surface area contributed by atoms with Crippen LogP contribution in [0, 0.1) is 11.3 Å². The summed E-state index contributed by atoms with van der Waals surface area (Å²) in [5, 5.41) is 6.08. The highest BCUT2D eigenvalue weighted by atomic mass is 35.5. The van der Waals surface area contributed by atoms with Crippen molar-refractivity contribution in [2.45, 2.75) is 51.2 Å². The van der Waals surface area contributed by atoms with E-state index in [-0.39, 0.29) is 37.2 Å². The number of alkyl halides is 3. The van der Waals surface area contributed by atoms with Gasteiger partial charge in [0.25, 0.3) is 0 Å². The third kappa shape index (κ3) is 4.01. The minimum absolute atomic E-state index is 0. The molecule has 1 heterocycles. The van der Waals surface area contributed by atoms with E-state index in [4.69, 9.17) is 0 Å². The molecule has 2 rings (SSSR count). The molecule has 20 heavy (non-hydrogen) atoms. The maximum absolute atomic E-state index is 12.5. The second kappa shape index (κ2) is 6.52. The molecule has 1 atom stereocenters. The monoisotopic (exact) mass is 314 g/mol. The summed E-state index contributed by atoms with van der Waals surface area (Å²) in [5.41, 5.74) is -0.402. The predicted octanol–water partition coefficient (Wildman–Crippen LogP) is 2.65. The van der Waals surface area contributed by atoms with Crippen molar-refractivity contribution in [2.75, 3.05) is 13.1 Å². The second-order valence-corrected chi connectivity index (χ2v) is 6.05. The van der Waals surface area contributed by atoms with E-state index < -0.39 is 17.5 Å². The number of rotatable bonds is 2. The van der Waals surface area contributed by atoms with Gasteiger partial charge in [0.15, 0.2) is 0 Å². The zero-order valence-electron chi connectivity index (χ0n) is 11.6. The van der Waals surface area contributed by atoms with Crippen molar-refractivity contribution < 1.29 is 18.0 Å². The Morgan fingerprint density at radius 2 is 1.85 bits per heavy atom. The zero-order valence-corrected chi connectivity index (χ0v) is 12.4. The number of halogens is 4. The van der Waals surface area contributed by atoms with Crippen LogP contribution in [0.2, 0.25) is 0 Å².